The van der Waals surface area contributed by atoms with E-state index in [0.717, 1.165) is 0 Å². The van der Waals surface area contributed by atoms with E-state index in [4.69, 9.17) is 5.11 Å². The third-order valence-electron chi connectivity index (χ3n) is 3.00. The number of piperidine rings is 1. The fraction of sp³-hybridized carbons (Fsp3) is 0.667. The number of carboxylic acids is 1. The van der Waals surface area contributed by atoms with Crippen LogP contribution in [-0.4, -0.2) is 51.4 Å². The molecule has 0 radical (unpaired) electrons. The Morgan fingerprint density at radius 2 is 2.07 bits per heavy atom. The number of rotatable bonds is 1. The van der Waals surface area contributed by atoms with Crippen molar-refractivity contribution in [3.05, 3.63) is 0 Å². The molecule has 2 aliphatic rings. The zero-order valence-electron chi connectivity index (χ0n) is 8.34. The minimum Gasteiger partial charge on any atom is -0.480 e. The average molecular weight is 212 g/mol. The van der Waals surface area contributed by atoms with E-state index < -0.39 is 18.0 Å². The molecule has 0 unspecified atom stereocenters. The van der Waals surface area contributed by atoms with Crippen molar-refractivity contribution in [3.8, 4) is 0 Å². The standard InChI is InChI=1S/C9H12N2O4/c1-5(12)11-6-2-3-7(8(13)14)10(4-6)9(11)15/h6-7H,2-4H2,1H3,(H,13,14)/t6-,7+/m0/s1. The molecule has 0 aromatic rings. The molecule has 1 N–H and O–H groups in total. The second-order valence-corrected chi connectivity index (χ2v) is 3.91. The maximum absolute atomic E-state index is 11.7. The molecule has 0 aromatic heterocycles. The summed E-state index contributed by atoms with van der Waals surface area (Å²) >= 11 is 0. The number of carbonyl (C=O) groups is 3. The molecule has 2 heterocycles. The van der Waals surface area contributed by atoms with Crippen LogP contribution in [0.25, 0.3) is 0 Å². The highest BCUT2D eigenvalue weighted by molar-refractivity contribution is 5.97. The van der Waals surface area contributed by atoms with Crippen molar-refractivity contribution in [1.29, 1.82) is 0 Å². The molecule has 0 spiro atoms. The lowest BCUT2D eigenvalue weighted by Crippen LogP contribution is -2.45. The summed E-state index contributed by atoms with van der Waals surface area (Å²) < 4.78 is 0. The van der Waals surface area contributed by atoms with E-state index in [1.807, 2.05) is 0 Å². The predicted molar refractivity (Wildman–Crippen MR) is 49.1 cm³/mol. The number of nitrogens with zero attached hydrogens (tertiary/aromatic N) is 2. The van der Waals surface area contributed by atoms with Gasteiger partial charge >= 0.3 is 12.0 Å². The highest BCUT2D eigenvalue weighted by Gasteiger charge is 2.48. The van der Waals surface area contributed by atoms with Gasteiger partial charge in [-0.1, -0.05) is 0 Å². The Kier molecular flexibility index (Phi) is 2.13. The van der Waals surface area contributed by atoms with Gasteiger partial charge in [-0.05, 0) is 12.8 Å². The Morgan fingerprint density at radius 1 is 1.40 bits per heavy atom. The van der Waals surface area contributed by atoms with Crippen molar-refractivity contribution >= 4 is 17.9 Å². The molecule has 2 atom stereocenters. The van der Waals surface area contributed by atoms with Crippen molar-refractivity contribution in [1.82, 2.24) is 9.80 Å². The van der Waals surface area contributed by atoms with Crippen molar-refractivity contribution in [2.75, 3.05) is 6.54 Å². The quantitative estimate of drug-likeness (QED) is 0.657. The highest BCUT2D eigenvalue weighted by Crippen LogP contribution is 2.29. The van der Waals surface area contributed by atoms with Gasteiger partial charge in [-0.25, -0.2) is 9.59 Å². The number of amides is 3. The average Bonchev–Trinajstić information content (AvgIpc) is 2.39. The highest BCUT2D eigenvalue weighted by atomic mass is 16.4. The topological polar surface area (TPSA) is 77.9 Å². The van der Waals surface area contributed by atoms with Crippen molar-refractivity contribution in [2.45, 2.75) is 31.8 Å². The summed E-state index contributed by atoms with van der Waals surface area (Å²) in [5, 5.41) is 8.90. The minimum absolute atomic E-state index is 0.134. The Balaban J connectivity index is 2.25. The lowest BCUT2D eigenvalue weighted by atomic mass is 10.0. The van der Waals surface area contributed by atoms with Gasteiger partial charge in [0, 0.05) is 13.5 Å². The van der Waals surface area contributed by atoms with Crippen LogP contribution in [0.1, 0.15) is 19.8 Å². The second kappa shape index (κ2) is 3.22. The van der Waals surface area contributed by atoms with Crippen LogP contribution in [0.2, 0.25) is 0 Å². The first-order valence-electron chi connectivity index (χ1n) is 4.85. The summed E-state index contributed by atoms with van der Waals surface area (Å²) in [6, 6.07) is -1.36. The summed E-state index contributed by atoms with van der Waals surface area (Å²) in [5.41, 5.74) is 0. The number of imide groups is 1. The SMILES string of the molecule is CC(=O)N1C(=O)N2C[C@@H]1CC[C@@H]2C(=O)O. The molecule has 2 aliphatic heterocycles. The molecule has 2 saturated heterocycles. The van der Waals surface area contributed by atoms with Gasteiger partial charge in [-0.3, -0.25) is 9.69 Å². The monoisotopic (exact) mass is 212 g/mol. The van der Waals surface area contributed by atoms with Gasteiger partial charge in [0.25, 0.3) is 0 Å². The Bertz CT molecular complexity index is 341. The molecule has 6 heteroatoms. The van der Waals surface area contributed by atoms with Crippen molar-refractivity contribution in [3.63, 3.8) is 0 Å². The molecule has 3 amide bonds. The summed E-state index contributed by atoms with van der Waals surface area (Å²) in [6.45, 7) is 1.69. The van der Waals surface area contributed by atoms with Crippen LogP contribution in [-0.2, 0) is 9.59 Å². The number of aliphatic carboxylic acids is 1. The first-order chi connectivity index (χ1) is 7.02. The molecule has 2 rings (SSSR count). The smallest absolute Gasteiger partial charge is 0.327 e. The van der Waals surface area contributed by atoms with Gasteiger partial charge in [0.2, 0.25) is 5.91 Å². The Labute approximate surface area is 86.4 Å². The molecular formula is C9H12N2O4. The fourth-order valence-corrected chi connectivity index (χ4v) is 2.32. The van der Waals surface area contributed by atoms with Gasteiger partial charge in [0.15, 0.2) is 0 Å². The number of hydrogen-bond donors (Lipinski definition) is 1. The molecule has 0 saturated carbocycles. The number of urea groups is 1. The third kappa shape index (κ3) is 1.36. The van der Waals surface area contributed by atoms with Gasteiger partial charge < -0.3 is 10.0 Å². The zero-order valence-corrected chi connectivity index (χ0v) is 8.34. The predicted octanol–water partition coefficient (Wildman–Crippen LogP) is -0.114. The van der Waals surface area contributed by atoms with Gasteiger partial charge in [0.1, 0.15) is 6.04 Å². The number of carboxylic acid groups (broad SMARTS) is 1. The van der Waals surface area contributed by atoms with Crippen molar-refractivity contribution < 1.29 is 19.5 Å². The van der Waals surface area contributed by atoms with E-state index in [0.29, 0.717) is 19.4 Å². The largest absolute Gasteiger partial charge is 0.480 e. The maximum atomic E-state index is 11.7. The van der Waals surface area contributed by atoms with Crippen LogP contribution >= 0.6 is 0 Å². The first-order valence-corrected chi connectivity index (χ1v) is 4.85. The van der Waals surface area contributed by atoms with E-state index in [9.17, 15) is 14.4 Å². The molecule has 15 heavy (non-hydrogen) atoms. The number of hydrogen-bond acceptors (Lipinski definition) is 3. The maximum Gasteiger partial charge on any atom is 0.327 e. The van der Waals surface area contributed by atoms with Crippen LogP contribution in [0.3, 0.4) is 0 Å². The van der Waals surface area contributed by atoms with E-state index in [-0.39, 0.29) is 11.9 Å². The van der Waals surface area contributed by atoms with Crippen LogP contribution in [0, 0.1) is 0 Å². The van der Waals surface area contributed by atoms with Gasteiger partial charge in [0.05, 0.1) is 6.04 Å². The Hall–Kier alpha value is -1.59. The van der Waals surface area contributed by atoms with E-state index in [2.05, 4.69) is 0 Å². The lowest BCUT2D eigenvalue weighted by molar-refractivity contribution is -0.142. The molecule has 6 nitrogen and oxygen atoms in total. The van der Waals surface area contributed by atoms with Crippen LogP contribution < -0.4 is 0 Å². The molecule has 2 bridgehead atoms. The third-order valence-corrected chi connectivity index (χ3v) is 3.00. The second-order valence-electron chi connectivity index (χ2n) is 3.91. The van der Waals surface area contributed by atoms with Crippen LogP contribution in [0.5, 0.6) is 0 Å². The minimum atomic E-state index is -0.993. The van der Waals surface area contributed by atoms with Crippen LogP contribution in [0.15, 0.2) is 0 Å². The van der Waals surface area contributed by atoms with E-state index in [1.165, 1.54) is 16.7 Å². The number of carbonyl (C=O) groups excluding carboxylic acids is 2. The van der Waals surface area contributed by atoms with Gasteiger partial charge in [-0.2, -0.15) is 0 Å². The summed E-state index contributed by atoms with van der Waals surface area (Å²) in [5.74, 6) is -1.30. The fourth-order valence-electron chi connectivity index (χ4n) is 2.32. The molecule has 2 fully saturated rings. The Morgan fingerprint density at radius 3 is 2.60 bits per heavy atom. The summed E-state index contributed by atoms with van der Waals surface area (Å²) in [6.07, 6.45) is 1.01. The zero-order chi connectivity index (χ0) is 11.2. The van der Waals surface area contributed by atoms with Crippen molar-refractivity contribution in [2.24, 2.45) is 0 Å². The summed E-state index contributed by atoms with van der Waals surface area (Å²) in [4.78, 5) is 36.2. The molecule has 0 aliphatic carbocycles. The molecule has 0 aromatic carbocycles. The molecule has 82 valence electrons. The normalized spacial score (nSPS) is 29.5. The first kappa shape index (κ1) is 9.95. The molecular weight excluding hydrogens is 200 g/mol. The lowest BCUT2D eigenvalue weighted by Gasteiger charge is -2.27. The number of fused-ring (bicyclic) bond motifs is 2. The van der Waals surface area contributed by atoms with E-state index >= 15 is 0 Å². The summed E-state index contributed by atoms with van der Waals surface area (Å²) in [7, 11) is 0. The van der Waals surface area contributed by atoms with E-state index in [1.54, 1.807) is 0 Å². The van der Waals surface area contributed by atoms with Gasteiger partial charge in [-0.15, -0.1) is 0 Å². The van der Waals surface area contributed by atoms with Crippen LogP contribution in [0.4, 0.5) is 4.79 Å².